The first kappa shape index (κ1) is 25.7. The molecule has 1 saturated heterocycles. The monoisotopic (exact) mass is 584 g/mol. The molecule has 2 aliphatic rings. The number of ether oxygens (including phenoxy) is 5. The van der Waals surface area contributed by atoms with Gasteiger partial charge in [-0.25, -0.2) is 14.5 Å². The highest BCUT2D eigenvalue weighted by molar-refractivity contribution is 7.18. The summed E-state index contributed by atoms with van der Waals surface area (Å²) in [5.74, 6) is 1.26. The van der Waals surface area contributed by atoms with E-state index >= 15 is 0 Å². The largest absolute Gasteiger partial charge is 0.496 e. The molecule has 0 amide bonds. The van der Waals surface area contributed by atoms with Gasteiger partial charge in [-0.05, 0) is 37.2 Å². The normalized spacial score (nSPS) is 18.2. The van der Waals surface area contributed by atoms with Gasteiger partial charge < -0.3 is 33.2 Å². The maximum absolute atomic E-state index is 11.4. The van der Waals surface area contributed by atoms with Crippen LogP contribution in [0, 0.1) is 6.92 Å². The highest BCUT2D eigenvalue weighted by atomic mass is 32.1. The summed E-state index contributed by atoms with van der Waals surface area (Å²) in [5, 5.41) is 17.8. The standard InChI is InChI=1S/C27H28N4O7S2/c1-15-19(28-23(39-15)26(32)4-6-27(7-5-26)36-8-9-37-27)14-35-20-10-16(33-2)11-21-17(20)12-22(38-21)18-13-31-24(29-18)40-25(30-31)34-3/h10-13,32H,4-9,14H2,1-3H3. The van der Waals surface area contributed by atoms with E-state index in [1.54, 1.807) is 24.9 Å². The van der Waals surface area contributed by atoms with E-state index in [1.165, 1.54) is 22.7 Å². The lowest BCUT2D eigenvalue weighted by Gasteiger charge is -2.39. The molecule has 1 aliphatic heterocycles. The number of aryl methyl sites for hydroxylation is 1. The molecule has 210 valence electrons. The Balaban J connectivity index is 1.13. The molecule has 4 aromatic heterocycles. The summed E-state index contributed by atoms with van der Waals surface area (Å²) in [5.41, 5.74) is 1.06. The number of imidazole rings is 1. The number of fused-ring (bicyclic) bond motifs is 2. The van der Waals surface area contributed by atoms with Crippen LogP contribution in [0.2, 0.25) is 0 Å². The van der Waals surface area contributed by atoms with Crippen LogP contribution in [0.5, 0.6) is 16.7 Å². The Bertz CT molecular complexity index is 1660. The van der Waals surface area contributed by atoms with Crippen molar-refractivity contribution in [1.29, 1.82) is 0 Å². The molecule has 1 aromatic carbocycles. The van der Waals surface area contributed by atoms with E-state index in [9.17, 15) is 5.11 Å². The minimum Gasteiger partial charge on any atom is -0.496 e. The van der Waals surface area contributed by atoms with Crippen molar-refractivity contribution in [3.63, 3.8) is 0 Å². The molecular weight excluding hydrogens is 556 g/mol. The van der Waals surface area contributed by atoms with Gasteiger partial charge in [0.1, 0.15) is 40.0 Å². The van der Waals surface area contributed by atoms with Crippen LogP contribution in [0.15, 0.2) is 28.8 Å². The van der Waals surface area contributed by atoms with Crippen LogP contribution >= 0.6 is 22.7 Å². The van der Waals surface area contributed by atoms with Crippen LogP contribution in [0.1, 0.15) is 41.3 Å². The number of hydrogen-bond acceptors (Lipinski definition) is 12. The van der Waals surface area contributed by atoms with Crippen LogP contribution in [0.25, 0.3) is 27.4 Å². The fourth-order valence-corrected chi connectivity index (χ4v) is 7.04. The van der Waals surface area contributed by atoms with Crippen molar-refractivity contribution in [2.45, 2.75) is 50.6 Å². The van der Waals surface area contributed by atoms with Gasteiger partial charge in [-0.15, -0.1) is 16.4 Å². The zero-order chi connectivity index (χ0) is 27.5. The smallest absolute Gasteiger partial charge is 0.294 e. The van der Waals surface area contributed by atoms with Crippen molar-refractivity contribution in [3.8, 4) is 28.1 Å². The number of rotatable bonds is 7. The average Bonchev–Trinajstić information content (AvgIpc) is 3.77. The predicted octanol–water partition coefficient (Wildman–Crippen LogP) is 5.07. The summed E-state index contributed by atoms with van der Waals surface area (Å²) < 4.78 is 36.5. The van der Waals surface area contributed by atoms with Crippen molar-refractivity contribution in [2.24, 2.45) is 0 Å². The molecule has 0 bridgehead atoms. The van der Waals surface area contributed by atoms with Crippen molar-refractivity contribution in [2.75, 3.05) is 27.4 Å². The van der Waals surface area contributed by atoms with Gasteiger partial charge in [0.05, 0.1) is 44.7 Å². The van der Waals surface area contributed by atoms with Gasteiger partial charge in [0.25, 0.3) is 5.19 Å². The molecule has 2 fully saturated rings. The number of benzene rings is 1. The molecule has 1 N–H and O–H groups in total. The lowest BCUT2D eigenvalue weighted by molar-refractivity contribution is -0.204. The Labute approximate surface area is 237 Å². The molecule has 7 rings (SSSR count). The Hall–Kier alpha value is -3.23. The summed E-state index contributed by atoms with van der Waals surface area (Å²) >= 11 is 2.86. The second-order valence-electron chi connectivity index (χ2n) is 10.0. The number of aromatic nitrogens is 4. The van der Waals surface area contributed by atoms with E-state index in [4.69, 9.17) is 33.1 Å². The molecule has 0 atom stereocenters. The molecule has 11 nitrogen and oxygen atoms in total. The zero-order valence-corrected chi connectivity index (χ0v) is 23.9. The molecule has 0 unspecified atom stereocenters. The summed E-state index contributed by atoms with van der Waals surface area (Å²) in [7, 11) is 3.18. The van der Waals surface area contributed by atoms with Gasteiger partial charge in [-0.2, -0.15) is 0 Å². The van der Waals surface area contributed by atoms with Gasteiger partial charge in [0.15, 0.2) is 11.5 Å². The summed E-state index contributed by atoms with van der Waals surface area (Å²) in [6.45, 7) is 3.46. The van der Waals surface area contributed by atoms with Gasteiger partial charge in [-0.3, -0.25) is 0 Å². The molecule has 13 heteroatoms. The number of furan rings is 1. The van der Waals surface area contributed by atoms with Crippen LogP contribution in [0.4, 0.5) is 0 Å². The van der Waals surface area contributed by atoms with E-state index in [0.29, 0.717) is 82.6 Å². The summed E-state index contributed by atoms with van der Waals surface area (Å²) in [4.78, 5) is 11.2. The van der Waals surface area contributed by atoms with Gasteiger partial charge in [0, 0.05) is 29.9 Å². The Kier molecular flexibility index (Phi) is 6.24. The second kappa shape index (κ2) is 9.70. The topological polar surface area (TPSA) is 123 Å². The third-order valence-electron chi connectivity index (χ3n) is 7.57. The first-order valence-corrected chi connectivity index (χ1v) is 14.6. The third-order valence-corrected chi connectivity index (χ3v) is 9.66. The molecule has 1 saturated carbocycles. The van der Waals surface area contributed by atoms with Crippen LogP contribution in [0.3, 0.4) is 0 Å². The third kappa shape index (κ3) is 4.41. The molecule has 5 heterocycles. The highest BCUT2D eigenvalue weighted by Crippen LogP contribution is 2.46. The molecule has 5 aromatic rings. The fourth-order valence-electron chi connectivity index (χ4n) is 5.28. The van der Waals surface area contributed by atoms with E-state index in [0.717, 1.165) is 16.0 Å². The van der Waals surface area contributed by atoms with E-state index in [2.05, 4.69) is 10.1 Å². The Morgan fingerprint density at radius 2 is 1.82 bits per heavy atom. The van der Waals surface area contributed by atoms with Crippen molar-refractivity contribution in [1.82, 2.24) is 19.6 Å². The predicted molar refractivity (Wildman–Crippen MR) is 147 cm³/mol. The molecule has 0 radical (unpaired) electrons. The quantitative estimate of drug-likeness (QED) is 0.277. The fraction of sp³-hybridized carbons (Fsp3) is 0.444. The van der Waals surface area contributed by atoms with Crippen molar-refractivity contribution >= 4 is 38.6 Å². The molecule has 1 aliphatic carbocycles. The van der Waals surface area contributed by atoms with Crippen LogP contribution in [-0.4, -0.2) is 57.9 Å². The second-order valence-corrected chi connectivity index (χ2v) is 12.1. The summed E-state index contributed by atoms with van der Waals surface area (Å²) in [6, 6.07) is 5.56. The Morgan fingerprint density at radius 1 is 1.02 bits per heavy atom. The van der Waals surface area contributed by atoms with E-state index < -0.39 is 11.4 Å². The first-order chi connectivity index (χ1) is 19.4. The maximum atomic E-state index is 11.4. The molecular formula is C27H28N4O7S2. The van der Waals surface area contributed by atoms with Crippen LogP contribution < -0.4 is 14.2 Å². The number of methoxy groups -OCH3 is 2. The minimum atomic E-state index is -0.992. The van der Waals surface area contributed by atoms with E-state index in [1.807, 2.05) is 25.1 Å². The Morgan fingerprint density at radius 3 is 2.55 bits per heavy atom. The van der Waals surface area contributed by atoms with Crippen LogP contribution in [-0.2, 0) is 21.7 Å². The lowest BCUT2D eigenvalue weighted by atomic mass is 9.81. The SMILES string of the molecule is COc1cc(OCc2nc(C3(O)CCC4(CC3)OCCO4)sc2C)c2cc(-c3cn4nc(OC)sc4n3)oc2c1. The number of hydrogen-bond donors (Lipinski definition) is 1. The number of nitrogens with zero attached hydrogens (tertiary/aromatic N) is 4. The van der Waals surface area contributed by atoms with Gasteiger partial charge in [-0.1, -0.05) is 0 Å². The lowest BCUT2D eigenvalue weighted by Crippen LogP contribution is -2.42. The van der Waals surface area contributed by atoms with Crippen molar-refractivity contribution in [3.05, 3.63) is 40.0 Å². The first-order valence-electron chi connectivity index (χ1n) is 13.0. The minimum absolute atomic E-state index is 0.237. The zero-order valence-electron chi connectivity index (χ0n) is 22.3. The molecule has 1 spiro atoms. The summed E-state index contributed by atoms with van der Waals surface area (Å²) in [6.07, 6.45) is 4.19. The molecule has 40 heavy (non-hydrogen) atoms. The van der Waals surface area contributed by atoms with Gasteiger partial charge in [0.2, 0.25) is 4.96 Å². The highest BCUT2D eigenvalue weighted by Gasteiger charge is 2.47. The van der Waals surface area contributed by atoms with Gasteiger partial charge >= 0.3 is 0 Å². The van der Waals surface area contributed by atoms with E-state index in [-0.39, 0.29) is 6.61 Å². The average molecular weight is 585 g/mol. The number of thiazole rings is 1. The van der Waals surface area contributed by atoms with Crippen molar-refractivity contribution < 1.29 is 33.2 Å². The number of aliphatic hydroxyl groups is 1. The maximum Gasteiger partial charge on any atom is 0.294 e.